The van der Waals surface area contributed by atoms with Crippen molar-refractivity contribution in [1.82, 2.24) is 0 Å². The normalized spacial score (nSPS) is 21.5. The molecule has 0 bridgehead atoms. The lowest BCUT2D eigenvalue weighted by Gasteiger charge is -2.46. The Morgan fingerprint density at radius 1 is 0.947 bits per heavy atom. The van der Waals surface area contributed by atoms with Gasteiger partial charge in [0, 0.05) is 11.3 Å². The van der Waals surface area contributed by atoms with E-state index in [0.29, 0.717) is 18.8 Å². The largest absolute Gasteiger partial charge is 0.403 e. The second kappa shape index (κ2) is 12.3. The molecule has 0 aromatic heterocycles. The number of ether oxygens (including phenoxy) is 2. The molecule has 0 N–H and O–H groups in total. The van der Waals surface area contributed by atoms with Crippen LogP contribution in [0.3, 0.4) is 0 Å². The zero-order chi connectivity index (χ0) is 27.4. The number of hydrogen-bond donors (Lipinski definition) is 0. The third kappa shape index (κ3) is 6.74. The summed E-state index contributed by atoms with van der Waals surface area (Å²) < 4.78 is 33.4. The maximum absolute atomic E-state index is 13.7. The summed E-state index contributed by atoms with van der Waals surface area (Å²) in [6.07, 6.45) is 0.155. The van der Waals surface area contributed by atoms with E-state index in [1.807, 2.05) is 56.3 Å². The molecule has 3 aromatic carbocycles. The van der Waals surface area contributed by atoms with Gasteiger partial charge in [-0.25, -0.2) is 0 Å². The van der Waals surface area contributed by atoms with Crippen molar-refractivity contribution in [2.45, 2.75) is 73.8 Å². The maximum Gasteiger partial charge on any atom is 0.261 e. The second-order valence-electron chi connectivity index (χ2n) is 11.3. The third-order valence-electron chi connectivity index (χ3n) is 7.03. The molecule has 0 aliphatic carbocycles. The quantitative estimate of drug-likeness (QED) is 0.218. The van der Waals surface area contributed by atoms with E-state index in [-0.39, 0.29) is 22.1 Å². The highest BCUT2D eigenvalue weighted by Gasteiger charge is 2.52. The number of halogens is 1. The molecule has 0 radical (unpaired) electrons. The minimum Gasteiger partial charge on any atom is -0.403 e. The number of alkyl halides is 1. The Balaban J connectivity index is 1.79. The Bertz CT molecular complexity index is 1150. The summed E-state index contributed by atoms with van der Waals surface area (Å²) in [6, 6.07) is 30.9. The average Bonchev–Trinajstić information content (AvgIpc) is 2.90. The first-order valence-corrected chi connectivity index (χ1v) is 17.3. The standard InChI is InChI=1S/C31H39BrO4SSi/c1-30(2,3)38(26-17-11-7-12-18-26,27-19-13-8-14-20-27)36-24(23-37(33)25-15-9-6-10-16-25)21-29-28(32)22-34-31(4,5)35-29/h6-20,24,28-29H,21-23H2,1-5H3/t24-,28-,29+,37?/m0/s1. The molecule has 1 aliphatic rings. The summed E-state index contributed by atoms with van der Waals surface area (Å²) in [7, 11) is -4.09. The summed E-state index contributed by atoms with van der Waals surface area (Å²) in [5.74, 6) is -0.301. The van der Waals surface area contributed by atoms with Crippen molar-refractivity contribution in [3.05, 3.63) is 91.0 Å². The SMILES string of the molecule is CC1(C)OC[C@H](Br)[C@@H](C[C@@H](CS(=O)c2ccccc2)O[Si](c2ccccc2)(c2ccccc2)C(C)(C)C)O1. The molecular weight excluding hydrogens is 576 g/mol. The molecule has 4 nitrogen and oxygen atoms in total. The van der Waals surface area contributed by atoms with Crippen molar-refractivity contribution in [2.75, 3.05) is 12.4 Å². The molecule has 7 heteroatoms. The number of rotatable bonds is 9. The van der Waals surface area contributed by atoms with Crippen LogP contribution in [0.15, 0.2) is 95.9 Å². The van der Waals surface area contributed by atoms with Crippen LogP contribution in [-0.4, -0.2) is 47.7 Å². The fraction of sp³-hybridized carbons (Fsp3) is 0.419. The van der Waals surface area contributed by atoms with Crippen molar-refractivity contribution in [2.24, 2.45) is 0 Å². The van der Waals surface area contributed by atoms with Crippen LogP contribution in [0.4, 0.5) is 0 Å². The monoisotopic (exact) mass is 614 g/mol. The third-order valence-corrected chi connectivity index (χ3v) is 14.4. The summed E-state index contributed by atoms with van der Waals surface area (Å²) in [5, 5.41) is 2.22. The van der Waals surface area contributed by atoms with Gasteiger partial charge in [0.2, 0.25) is 0 Å². The van der Waals surface area contributed by atoms with E-state index in [1.165, 1.54) is 10.4 Å². The van der Waals surface area contributed by atoms with Crippen molar-refractivity contribution < 1.29 is 18.1 Å². The second-order valence-corrected chi connectivity index (χ2v) is 18.3. The van der Waals surface area contributed by atoms with E-state index in [2.05, 4.69) is 85.2 Å². The van der Waals surface area contributed by atoms with Gasteiger partial charge in [0.15, 0.2) is 5.79 Å². The molecule has 4 rings (SSSR count). The summed E-state index contributed by atoms with van der Waals surface area (Å²) >= 11 is 3.78. The van der Waals surface area contributed by atoms with Gasteiger partial charge in [-0.3, -0.25) is 4.21 Å². The van der Waals surface area contributed by atoms with E-state index in [0.717, 1.165) is 4.90 Å². The van der Waals surface area contributed by atoms with E-state index >= 15 is 0 Å². The van der Waals surface area contributed by atoms with Crippen LogP contribution < -0.4 is 10.4 Å². The van der Waals surface area contributed by atoms with E-state index in [4.69, 9.17) is 13.9 Å². The minimum atomic E-state index is -2.86. The van der Waals surface area contributed by atoms with Gasteiger partial charge in [0.05, 0.1) is 40.2 Å². The molecule has 38 heavy (non-hydrogen) atoms. The average molecular weight is 616 g/mol. The zero-order valence-corrected chi connectivity index (χ0v) is 26.3. The van der Waals surface area contributed by atoms with E-state index in [1.54, 1.807) is 0 Å². The molecule has 0 spiro atoms. The van der Waals surface area contributed by atoms with Gasteiger partial charge < -0.3 is 13.9 Å². The molecular formula is C31H39BrO4SSi. The van der Waals surface area contributed by atoms with Crippen molar-refractivity contribution in [1.29, 1.82) is 0 Å². The van der Waals surface area contributed by atoms with Crippen molar-refractivity contribution in [3.63, 3.8) is 0 Å². The summed E-state index contributed by atoms with van der Waals surface area (Å²) in [4.78, 5) is 0.832. The fourth-order valence-corrected chi connectivity index (χ4v) is 11.7. The predicted octanol–water partition coefficient (Wildman–Crippen LogP) is 6.04. The first kappa shape index (κ1) is 29.4. The van der Waals surface area contributed by atoms with Crippen molar-refractivity contribution >= 4 is 45.4 Å². The highest BCUT2D eigenvalue weighted by atomic mass is 79.9. The van der Waals surface area contributed by atoms with Crippen LogP contribution in [0.5, 0.6) is 0 Å². The Morgan fingerprint density at radius 2 is 1.45 bits per heavy atom. The summed E-state index contributed by atoms with van der Waals surface area (Å²) in [6.45, 7) is 11.2. The highest BCUT2D eigenvalue weighted by molar-refractivity contribution is 9.09. The smallest absolute Gasteiger partial charge is 0.261 e. The maximum atomic E-state index is 13.7. The molecule has 1 saturated heterocycles. The fourth-order valence-electron chi connectivity index (χ4n) is 5.24. The lowest BCUT2D eigenvalue weighted by Crippen LogP contribution is -2.68. The van der Waals surface area contributed by atoms with Crippen LogP contribution in [0.2, 0.25) is 5.04 Å². The number of benzene rings is 3. The molecule has 4 atom stereocenters. The molecule has 0 saturated carbocycles. The molecule has 1 aliphatic heterocycles. The van der Waals surface area contributed by atoms with Gasteiger partial charge in [-0.1, -0.05) is 116 Å². The Labute approximate surface area is 239 Å². The van der Waals surface area contributed by atoms with Gasteiger partial charge in [-0.2, -0.15) is 0 Å². The molecule has 1 fully saturated rings. The van der Waals surface area contributed by atoms with Gasteiger partial charge >= 0.3 is 0 Å². The molecule has 1 unspecified atom stereocenters. The molecule has 3 aromatic rings. The van der Waals surface area contributed by atoms with Crippen LogP contribution in [-0.2, 0) is 24.7 Å². The van der Waals surface area contributed by atoms with E-state index < -0.39 is 24.9 Å². The minimum absolute atomic E-state index is 0.0194. The Kier molecular flexibility index (Phi) is 9.49. The molecule has 1 heterocycles. The predicted molar refractivity (Wildman–Crippen MR) is 162 cm³/mol. The van der Waals surface area contributed by atoms with Crippen LogP contribution in [0, 0.1) is 0 Å². The van der Waals surface area contributed by atoms with E-state index in [9.17, 15) is 4.21 Å². The Morgan fingerprint density at radius 3 is 1.95 bits per heavy atom. The zero-order valence-electron chi connectivity index (χ0n) is 22.9. The first-order valence-electron chi connectivity index (χ1n) is 13.2. The van der Waals surface area contributed by atoms with Crippen molar-refractivity contribution in [3.8, 4) is 0 Å². The van der Waals surface area contributed by atoms with Crippen LogP contribution in [0.25, 0.3) is 0 Å². The lowest BCUT2D eigenvalue weighted by molar-refractivity contribution is -0.272. The van der Waals surface area contributed by atoms with Crippen LogP contribution in [0.1, 0.15) is 41.0 Å². The van der Waals surface area contributed by atoms with Gasteiger partial charge in [-0.15, -0.1) is 0 Å². The molecule has 0 amide bonds. The topological polar surface area (TPSA) is 44.8 Å². The van der Waals surface area contributed by atoms with Crippen LogP contribution >= 0.6 is 15.9 Å². The summed E-state index contributed by atoms with van der Waals surface area (Å²) in [5.41, 5.74) is 0. The van der Waals surface area contributed by atoms with Gasteiger partial charge in [-0.05, 0) is 41.4 Å². The lowest BCUT2D eigenvalue weighted by atomic mass is 10.1. The number of hydrogen-bond acceptors (Lipinski definition) is 4. The Hall–Kier alpha value is -1.61. The van der Waals surface area contributed by atoms with Gasteiger partial charge in [0.1, 0.15) is 0 Å². The first-order chi connectivity index (χ1) is 18.0. The highest BCUT2D eigenvalue weighted by Crippen LogP contribution is 2.39. The van der Waals surface area contributed by atoms with Gasteiger partial charge in [0.25, 0.3) is 8.32 Å². The molecule has 204 valence electrons.